The van der Waals surface area contributed by atoms with Crippen molar-refractivity contribution in [2.75, 3.05) is 0 Å². The monoisotopic (exact) mass is 664 g/mol. The van der Waals surface area contributed by atoms with Crippen molar-refractivity contribution in [3.8, 4) is 0 Å². The number of alkyl halides is 23. The van der Waals surface area contributed by atoms with Crippen LogP contribution in [0.4, 0.5) is 105 Å². The molecule has 0 saturated heterocycles. The molecule has 0 spiro atoms. The van der Waals surface area contributed by atoms with Crippen LogP contribution in [0.3, 0.4) is 0 Å². The fraction of sp³-hybridized carbons (Fsp3) is 0.917. The van der Waals surface area contributed by atoms with Gasteiger partial charge in [-0.2, -0.15) is 105 Å². The molecule has 0 N–H and O–H groups in total. The van der Waals surface area contributed by atoms with Crippen LogP contribution in [-0.2, 0) is 19.0 Å². The van der Waals surface area contributed by atoms with E-state index >= 15 is 0 Å². The summed E-state index contributed by atoms with van der Waals surface area (Å²) in [4.78, 5) is 9.99. The second-order valence-electron chi connectivity index (χ2n) is 6.48. The minimum Gasteiger partial charge on any atom is -0.263 e. The molecule has 0 aromatic rings. The minimum absolute atomic E-state index is 0.953. The van der Waals surface area contributed by atoms with E-state index in [2.05, 4.69) is 0 Å². The second kappa shape index (κ2) is 9.72. The number of ether oxygens (including phenoxy) is 3. The van der Waals surface area contributed by atoms with Gasteiger partial charge in [0.05, 0.1) is 0 Å². The largest absolute Gasteiger partial charge is 0.462 e. The number of hydrogen-bond donors (Lipinski definition) is 0. The molecule has 3 atom stereocenters. The van der Waals surface area contributed by atoms with E-state index in [0.29, 0.717) is 0 Å². The Kier molecular flexibility index (Phi) is 9.20. The van der Waals surface area contributed by atoms with Gasteiger partial charge in [0.2, 0.25) is 0 Å². The average Bonchev–Trinajstić information content (AvgIpc) is 2.62. The molecule has 0 rings (SSSR count). The summed E-state index contributed by atoms with van der Waals surface area (Å²) in [6.07, 6.45) is -58.2. The van der Waals surface area contributed by atoms with Gasteiger partial charge in [-0.25, -0.2) is 0 Å². The summed E-state index contributed by atoms with van der Waals surface area (Å²) in [7, 11) is 0. The molecule has 0 saturated carbocycles. The lowest BCUT2D eigenvalue weighted by Gasteiger charge is -2.42. The lowest BCUT2D eigenvalue weighted by molar-refractivity contribution is -0.577. The molecular weight excluding hydrogens is 664 g/mol. The van der Waals surface area contributed by atoms with Crippen molar-refractivity contribution in [1.29, 1.82) is 0 Å². The molecule has 40 heavy (non-hydrogen) atoms. The first-order valence-electron chi connectivity index (χ1n) is 7.96. The van der Waals surface area contributed by atoms with E-state index in [0.717, 1.165) is 9.47 Å². The first-order chi connectivity index (χ1) is 16.8. The molecule has 28 heteroatoms. The van der Waals surface area contributed by atoms with Crippen molar-refractivity contribution in [1.82, 2.24) is 0 Å². The van der Waals surface area contributed by atoms with Gasteiger partial charge >= 0.3 is 72.6 Å². The Balaban J connectivity index is 7.24. The van der Waals surface area contributed by atoms with Crippen LogP contribution in [0.15, 0.2) is 0 Å². The predicted octanol–water partition coefficient (Wildman–Crippen LogP) is 7.19. The summed E-state index contributed by atoms with van der Waals surface area (Å²) in [5, 5.41) is 0. The number of rotatable bonds is 10. The molecular formula is C12F24O4. The molecule has 0 amide bonds. The lowest BCUT2D eigenvalue weighted by Crippen LogP contribution is -2.70. The zero-order chi connectivity index (χ0) is 33.2. The Labute approximate surface area is 198 Å². The van der Waals surface area contributed by atoms with Crippen LogP contribution in [0.5, 0.6) is 0 Å². The van der Waals surface area contributed by atoms with E-state index < -0.39 is 72.6 Å². The van der Waals surface area contributed by atoms with E-state index in [-0.39, 0.29) is 0 Å². The van der Waals surface area contributed by atoms with E-state index in [1.165, 1.54) is 4.74 Å². The molecule has 0 radical (unpaired) electrons. The van der Waals surface area contributed by atoms with E-state index in [1.54, 1.807) is 0 Å². The van der Waals surface area contributed by atoms with Crippen molar-refractivity contribution in [3.05, 3.63) is 0 Å². The number of carbonyl (C=O) groups is 1. The molecule has 0 aliphatic heterocycles. The molecule has 0 aliphatic carbocycles. The highest BCUT2D eigenvalue weighted by molar-refractivity contribution is 5.77. The SMILES string of the molecule is O=C(F)[C@@](F)(OC(F)(F)[C@@](F)(OC(F)(F)[C@](F)(OC(F)(F)C(F)(F)C(F)(F)F)C(F)(F)F)C(F)(F)F)C(F)(F)F. The zero-order valence-corrected chi connectivity index (χ0v) is 16.7. The van der Waals surface area contributed by atoms with Gasteiger partial charge in [0.25, 0.3) is 0 Å². The maximum atomic E-state index is 14.0. The highest BCUT2D eigenvalue weighted by Crippen LogP contribution is 2.59. The topological polar surface area (TPSA) is 44.8 Å². The number of carbonyl (C=O) groups excluding carboxylic acids is 1. The highest BCUT2D eigenvalue weighted by Gasteiger charge is 2.88. The van der Waals surface area contributed by atoms with Gasteiger partial charge in [0.1, 0.15) is 0 Å². The van der Waals surface area contributed by atoms with Crippen molar-refractivity contribution in [2.45, 2.75) is 66.5 Å². The molecule has 0 aromatic heterocycles. The summed E-state index contributed by atoms with van der Waals surface area (Å²) in [5.74, 6) is -33.2. The molecule has 0 fully saturated rings. The van der Waals surface area contributed by atoms with Crippen LogP contribution in [0.25, 0.3) is 0 Å². The van der Waals surface area contributed by atoms with Crippen LogP contribution in [0.1, 0.15) is 0 Å². The average molecular weight is 664 g/mol. The molecule has 0 heterocycles. The molecule has 4 nitrogen and oxygen atoms in total. The first-order valence-corrected chi connectivity index (χ1v) is 7.96. The van der Waals surface area contributed by atoms with Crippen molar-refractivity contribution < 1.29 is 124 Å². The van der Waals surface area contributed by atoms with E-state index in [1.807, 2.05) is 0 Å². The molecule has 0 aliphatic rings. The van der Waals surface area contributed by atoms with Crippen LogP contribution < -0.4 is 0 Å². The maximum absolute atomic E-state index is 14.0. The molecule has 0 bridgehead atoms. The van der Waals surface area contributed by atoms with E-state index in [9.17, 15) is 110 Å². The summed E-state index contributed by atoms with van der Waals surface area (Å²) in [6.45, 7) is 0. The van der Waals surface area contributed by atoms with Crippen molar-refractivity contribution in [3.63, 3.8) is 0 Å². The van der Waals surface area contributed by atoms with Crippen LogP contribution in [0, 0.1) is 0 Å². The number of hydrogen-bond acceptors (Lipinski definition) is 4. The Hall–Kier alpha value is -2.13. The smallest absolute Gasteiger partial charge is 0.263 e. The van der Waals surface area contributed by atoms with Crippen LogP contribution >= 0.6 is 0 Å². The standard InChI is InChI=1S/C12F24O4/c13-1(37)2(14,6(19,20)21)38-11(33,34)4(17,8(25,26)27)40-12(35,36)5(18,9(28,29)30)39-10(31,32)3(15,16)7(22,23)24/t2-,4+,5-/m1/s1. The molecule has 0 aromatic carbocycles. The lowest BCUT2D eigenvalue weighted by atomic mass is 10.2. The summed E-state index contributed by atoms with van der Waals surface area (Å²) >= 11 is 0. The van der Waals surface area contributed by atoms with Gasteiger partial charge in [0, 0.05) is 0 Å². The fourth-order valence-electron chi connectivity index (χ4n) is 1.66. The van der Waals surface area contributed by atoms with Crippen LogP contribution in [-0.4, -0.2) is 72.6 Å². The Bertz CT molecular complexity index is 928. The first kappa shape index (κ1) is 37.9. The molecule has 240 valence electrons. The summed E-state index contributed by atoms with van der Waals surface area (Å²) < 4.78 is 311. The van der Waals surface area contributed by atoms with Gasteiger partial charge in [-0.1, -0.05) is 0 Å². The van der Waals surface area contributed by atoms with Gasteiger partial charge in [0.15, 0.2) is 0 Å². The second-order valence-corrected chi connectivity index (χ2v) is 6.48. The van der Waals surface area contributed by atoms with Crippen molar-refractivity contribution >= 4 is 6.04 Å². The predicted molar refractivity (Wildman–Crippen MR) is 64.9 cm³/mol. The van der Waals surface area contributed by atoms with Gasteiger partial charge in [-0.3, -0.25) is 19.0 Å². The third-order valence-electron chi connectivity index (χ3n) is 3.62. The summed E-state index contributed by atoms with van der Waals surface area (Å²) in [6, 6.07) is -5.02. The quantitative estimate of drug-likeness (QED) is 0.183. The molecule has 0 unspecified atom stereocenters. The van der Waals surface area contributed by atoms with E-state index in [4.69, 9.17) is 0 Å². The van der Waals surface area contributed by atoms with Gasteiger partial charge in [-0.15, -0.1) is 0 Å². The van der Waals surface area contributed by atoms with Gasteiger partial charge in [-0.05, 0) is 0 Å². The van der Waals surface area contributed by atoms with Crippen molar-refractivity contribution in [2.24, 2.45) is 0 Å². The van der Waals surface area contributed by atoms with Gasteiger partial charge < -0.3 is 0 Å². The fourth-order valence-corrected chi connectivity index (χ4v) is 1.66. The highest BCUT2D eigenvalue weighted by atomic mass is 19.4. The summed E-state index contributed by atoms with van der Waals surface area (Å²) in [5.41, 5.74) is 0. The Morgan fingerprint density at radius 3 is 0.875 bits per heavy atom. The Morgan fingerprint density at radius 2 is 0.650 bits per heavy atom. The zero-order valence-electron chi connectivity index (χ0n) is 16.7. The normalized spacial score (nSPS) is 20.0. The minimum atomic E-state index is -8.80. The third-order valence-corrected chi connectivity index (χ3v) is 3.62. The Morgan fingerprint density at radius 1 is 0.375 bits per heavy atom. The third kappa shape index (κ3) is 6.06. The van der Waals surface area contributed by atoms with Crippen LogP contribution in [0.2, 0.25) is 0 Å². The number of halogens is 24. The maximum Gasteiger partial charge on any atom is 0.462 e.